The van der Waals surface area contributed by atoms with Gasteiger partial charge in [-0.1, -0.05) is 0 Å². The predicted molar refractivity (Wildman–Crippen MR) is 70.7 cm³/mol. The van der Waals surface area contributed by atoms with Crippen molar-refractivity contribution < 1.29 is 9.47 Å². The number of rotatable bonds is 3. The lowest BCUT2D eigenvalue weighted by Crippen LogP contribution is -2.49. The number of likely N-dealkylation sites (tertiary alicyclic amines) is 1. The molecule has 0 aliphatic carbocycles. The van der Waals surface area contributed by atoms with Crippen molar-refractivity contribution in [2.24, 2.45) is 5.41 Å². The monoisotopic (exact) mass is 257 g/mol. The number of thiol groups is 1. The molecule has 0 aromatic heterocycles. The normalized spacial score (nSPS) is 37.2. The van der Waals surface area contributed by atoms with Gasteiger partial charge in [0.1, 0.15) is 0 Å². The molecule has 0 spiro atoms. The maximum Gasteiger partial charge on any atom is 0.0707 e. The van der Waals surface area contributed by atoms with Gasteiger partial charge in [-0.25, -0.2) is 0 Å². The number of nitrogens with zero attached hydrogens (tertiary/aromatic N) is 1. The Kier molecular flexibility index (Phi) is 3.67. The molecule has 0 radical (unpaired) electrons. The molecule has 3 aliphatic heterocycles. The molecule has 4 heteroatoms. The molecule has 0 N–H and O–H groups in total. The first-order valence-electron chi connectivity index (χ1n) is 6.86. The molecular weight excluding hydrogens is 234 g/mol. The van der Waals surface area contributed by atoms with Gasteiger partial charge in [-0.3, -0.25) is 4.90 Å². The largest absolute Gasteiger partial charge is 0.381 e. The molecule has 3 heterocycles. The van der Waals surface area contributed by atoms with Crippen molar-refractivity contribution in [3.05, 3.63) is 0 Å². The van der Waals surface area contributed by atoms with E-state index < -0.39 is 0 Å². The van der Waals surface area contributed by atoms with Gasteiger partial charge in [0.05, 0.1) is 12.2 Å². The number of fused-ring (bicyclic) bond motifs is 2. The molecule has 3 saturated heterocycles. The van der Waals surface area contributed by atoms with E-state index in [0.29, 0.717) is 17.6 Å². The Hall–Kier alpha value is 0.230. The topological polar surface area (TPSA) is 21.7 Å². The summed E-state index contributed by atoms with van der Waals surface area (Å²) in [6.07, 6.45) is 5.87. The number of morpholine rings is 1. The molecule has 0 aromatic carbocycles. The van der Waals surface area contributed by atoms with E-state index in [1.165, 1.54) is 32.2 Å². The average molecular weight is 257 g/mol. The van der Waals surface area contributed by atoms with Crippen molar-refractivity contribution in [2.75, 3.05) is 38.6 Å². The Morgan fingerprint density at radius 2 is 1.76 bits per heavy atom. The third-order valence-electron chi connectivity index (χ3n) is 4.57. The molecule has 2 atom stereocenters. The molecular formula is C13H23NO2S. The number of hydrogen-bond donors (Lipinski definition) is 1. The van der Waals surface area contributed by atoms with E-state index >= 15 is 0 Å². The molecule has 98 valence electrons. The van der Waals surface area contributed by atoms with E-state index in [0.717, 1.165) is 32.1 Å². The quantitative estimate of drug-likeness (QED) is 0.776. The van der Waals surface area contributed by atoms with Gasteiger partial charge < -0.3 is 9.47 Å². The first kappa shape index (κ1) is 12.3. The minimum Gasteiger partial charge on any atom is -0.381 e. The molecule has 0 saturated carbocycles. The summed E-state index contributed by atoms with van der Waals surface area (Å²) in [5.74, 6) is 0.989. The van der Waals surface area contributed by atoms with E-state index in [2.05, 4.69) is 17.5 Å². The van der Waals surface area contributed by atoms with Gasteiger partial charge in [0, 0.05) is 32.8 Å². The van der Waals surface area contributed by atoms with Gasteiger partial charge >= 0.3 is 0 Å². The summed E-state index contributed by atoms with van der Waals surface area (Å²) >= 11 is 4.60. The third-order valence-corrected chi connectivity index (χ3v) is 5.24. The van der Waals surface area contributed by atoms with Gasteiger partial charge in [0.15, 0.2) is 0 Å². The van der Waals surface area contributed by atoms with E-state index in [9.17, 15) is 0 Å². The Morgan fingerprint density at radius 1 is 1.12 bits per heavy atom. The van der Waals surface area contributed by atoms with Gasteiger partial charge in [0.25, 0.3) is 0 Å². The fourth-order valence-electron chi connectivity index (χ4n) is 3.47. The summed E-state index contributed by atoms with van der Waals surface area (Å²) in [6.45, 7) is 5.28. The highest BCUT2D eigenvalue weighted by atomic mass is 32.1. The molecule has 3 fully saturated rings. The van der Waals surface area contributed by atoms with Crippen molar-refractivity contribution in [2.45, 2.75) is 37.9 Å². The van der Waals surface area contributed by atoms with Gasteiger partial charge in [0.2, 0.25) is 0 Å². The molecule has 3 rings (SSSR count). The van der Waals surface area contributed by atoms with Crippen LogP contribution in [0.15, 0.2) is 0 Å². The smallest absolute Gasteiger partial charge is 0.0707 e. The van der Waals surface area contributed by atoms with E-state index in [1.807, 2.05) is 0 Å². The summed E-state index contributed by atoms with van der Waals surface area (Å²) in [7, 11) is 0. The van der Waals surface area contributed by atoms with Crippen molar-refractivity contribution in [3.8, 4) is 0 Å². The average Bonchev–Trinajstić information content (AvgIpc) is 2.70. The molecule has 3 aliphatic rings. The van der Waals surface area contributed by atoms with Crippen molar-refractivity contribution in [3.63, 3.8) is 0 Å². The SMILES string of the molecule is SCC1(CN2CC3CCC(C2)O3)CCOCC1. The van der Waals surface area contributed by atoms with E-state index in [1.54, 1.807) is 0 Å². The predicted octanol–water partition coefficient (Wildman–Crippen LogP) is 1.58. The van der Waals surface area contributed by atoms with Crippen LogP contribution in [0.4, 0.5) is 0 Å². The van der Waals surface area contributed by atoms with Crippen LogP contribution >= 0.6 is 12.6 Å². The van der Waals surface area contributed by atoms with Crippen LogP contribution in [0.5, 0.6) is 0 Å². The van der Waals surface area contributed by atoms with Crippen LogP contribution in [0.3, 0.4) is 0 Å². The minimum absolute atomic E-state index is 0.387. The fraction of sp³-hybridized carbons (Fsp3) is 1.00. The maximum absolute atomic E-state index is 5.90. The first-order chi connectivity index (χ1) is 8.30. The van der Waals surface area contributed by atoms with Crippen LogP contribution in [-0.4, -0.2) is 55.7 Å². The summed E-state index contributed by atoms with van der Waals surface area (Å²) < 4.78 is 11.4. The third kappa shape index (κ3) is 2.65. The van der Waals surface area contributed by atoms with Crippen LogP contribution in [0.25, 0.3) is 0 Å². The zero-order chi connectivity index (χ0) is 11.7. The lowest BCUT2D eigenvalue weighted by Gasteiger charge is -2.42. The highest BCUT2D eigenvalue weighted by Gasteiger charge is 2.38. The molecule has 3 nitrogen and oxygen atoms in total. The highest BCUT2D eigenvalue weighted by Crippen LogP contribution is 2.35. The van der Waals surface area contributed by atoms with Crippen LogP contribution in [-0.2, 0) is 9.47 Å². The van der Waals surface area contributed by atoms with Crippen LogP contribution in [0.1, 0.15) is 25.7 Å². The van der Waals surface area contributed by atoms with Crippen LogP contribution in [0, 0.1) is 5.41 Å². The lowest BCUT2D eigenvalue weighted by atomic mass is 9.81. The summed E-state index contributed by atoms with van der Waals surface area (Å²) in [6, 6.07) is 0. The zero-order valence-corrected chi connectivity index (χ0v) is 11.3. The van der Waals surface area contributed by atoms with Crippen molar-refractivity contribution in [1.82, 2.24) is 4.90 Å². The highest BCUT2D eigenvalue weighted by molar-refractivity contribution is 7.80. The summed E-state index contributed by atoms with van der Waals surface area (Å²) in [5, 5.41) is 0. The second-order valence-electron chi connectivity index (χ2n) is 5.92. The molecule has 2 bridgehead atoms. The zero-order valence-electron chi connectivity index (χ0n) is 10.4. The Balaban J connectivity index is 1.61. The Bertz CT molecular complexity index is 256. The second-order valence-corrected chi connectivity index (χ2v) is 6.24. The van der Waals surface area contributed by atoms with Crippen molar-refractivity contribution >= 4 is 12.6 Å². The van der Waals surface area contributed by atoms with E-state index in [4.69, 9.17) is 9.47 Å². The number of ether oxygens (including phenoxy) is 2. The van der Waals surface area contributed by atoms with Crippen LogP contribution < -0.4 is 0 Å². The van der Waals surface area contributed by atoms with Gasteiger partial charge in [-0.2, -0.15) is 12.6 Å². The molecule has 0 aromatic rings. The Morgan fingerprint density at radius 3 is 2.35 bits per heavy atom. The summed E-state index contributed by atoms with van der Waals surface area (Å²) in [4.78, 5) is 2.62. The van der Waals surface area contributed by atoms with Gasteiger partial charge in [-0.05, 0) is 36.9 Å². The van der Waals surface area contributed by atoms with Crippen LogP contribution in [0.2, 0.25) is 0 Å². The molecule has 0 amide bonds. The fourth-order valence-corrected chi connectivity index (χ4v) is 3.89. The molecule has 2 unspecified atom stereocenters. The second kappa shape index (κ2) is 5.08. The first-order valence-corrected chi connectivity index (χ1v) is 7.49. The standard InChI is InChI=1S/C13H23NO2S/c17-10-13(3-5-15-6-4-13)9-14-7-11-1-2-12(8-14)16-11/h11-12,17H,1-10H2. The van der Waals surface area contributed by atoms with Gasteiger partial charge in [-0.15, -0.1) is 0 Å². The Labute approximate surface area is 109 Å². The van der Waals surface area contributed by atoms with Crippen molar-refractivity contribution in [1.29, 1.82) is 0 Å². The summed E-state index contributed by atoms with van der Waals surface area (Å²) in [5.41, 5.74) is 0.387. The molecule has 17 heavy (non-hydrogen) atoms. The van der Waals surface area contributed by atoms with E-state index in [-0.39, 0.29) is 0 Å². The minimum atomic E-state index is 0.387. The lowest BCUT2D eigenvalue weighted by molar-refractivity contribution is -0.0617. The number of hydrogen-bond acceptors (Lipinski definition) is 4. The maximum atomic E-state index is 5.90.